The summed E-state index contributed by atoms with van der Waals surface area (Å²) < 4.78 is 12.1. The fraction of sp³-hybridized carbons (Fsp3) is 1.00. The molecule has 1 N–H and O–H groups in total. The first-order chi connectivity index (χ1) is 7.31. The summed E-state index contributed by atoms with van der Waals surface area (Å²) in [5.41, 5.74) is 0. The third-order valence-electron chi connectivity index (χ3n) is 3.72. The van der Waals surface area contributed by atoms with E-state index in [9.17, 15) is 9.50 Å². The molecule has 0 aromatic carbocycles. The molecule has 88 valence electrons. The van der Waals surface area contributed by atoms with Gasteiger partial charge in [-0.2, -0.15) is 0 Å². The summed E-state index contributed by atoms with van der Waals surface area (Å²) in [6.45, 7) is 4.21. The van der Waals surface area contributed by atoms with Crippen molar-refractivity contribution in [1.29, 1.82) is 0 Å². The second kappa shape index (κ2) is 5.23. The highest BCUT2D eigenvalue weighted by Gasteiger charge is 2.32. The Morgan fingerprint density at radius 1 is 1.13 bits per heavy atom. The van der Waals surface area contributed by atoms with E-state index in [1.165, 1.54) is 0 Å². The van der Waals surface area contributed by atoms with Crippen LogP contribution in [0.5, 0.6) is 0 Å². The summed E-state index contributed by atoms with van der Waals surface area (Å²) in [5, 5.41) is 9.80. The third kappa shape index (κ3) is 2.68. The molecular weight excluding hydrogens is 195 g/mol. The Balaban J connectivity index is 1.77. The van der Waals surface area contributed by atoms with Crippen LogP contribution in [0.4, 0.5) is 4.39 Å². The summed E-state index contributed by atoms with van der Waals surface area (Å²) in [7, 11) is 0. The number of aliphatic hydroxyl groups excluding tert-OH is 1. The van der Waals surface area contributed by atoms with E-state index in [4.69, 9.17) is 0 Å². The maximum atomic E-state index is 12.1. The molecule has 1 saturated carbocycles. The Labute approximate surface area is 90.9 Å². The molecule has 0 radical (unpaired) electrons. The Bertz CT molecular complexity index is 195. The molecule has 1 aliphatic heterocycles. The monoisotopic (exact) mass is 216 g/mol. The van der Waals surface area contributed by atoms with Gasteiger partial charge in [-0.25, -0.2) is 4.39 Å². The van der Waals surface area contributed by atoms with Crippen LogP contribution in [-0.2, 0) is 0 Å². The minimum absolute atomic E-state index is 0.127. The molecule has 3 nitrogen and oxygen atoms in total. The molecule has 0 aromatic heterocycles. The largest absolute Gasteiger partial charge is 0.391 e. The lowest BCUT2D eigenvalue weighted by Gasteiger charge is -2.38. The molecule has 4 heteroatoms. The summed E-state index contributed by atoms with van der Waals surface area (Å²) >= 11 is 0. The Morgan fingerprint density at radius 2 is 1.87 bits per heavy atom. The Kier molecular flexibility index (Phi) is 3.94. The van der Waals surface area contributed by atoms with Gasteiger partial charge in [-0.3, -0.25) is 9.80 Å². The van der Waals surface area contributed by atoms with E-state index < -0.39 is 0 Å². The number of rotatable bonds is 3. The van der Waals surface area contributed by atoms with Crippen LogP contribution in [0, 0.1) is 0 Å². The van der Waals surface area contributed by atoms with Gasteiger partial charge in [-0.05, 0) is 19.3 Å². The van der Waals surface area contributed by atoms with Crippen LogP contribution in [0.15, 0.2) is 0 Å². The zero-order valence-electron chi connectivity index (χ0n) is 9.24. The highest BCUT2D eigenvalue weighted by molar-refractivity contribution is 4.87. The van der Waals surface area contributed by atoms with Gasteiger partial charge in [0.1, 0.15) is 6.67 Å². The molecule has 15 heavy (non-hydrogen) atoms. The van der Waals surface area contributed by atoms with Crippen LogP contribution in [0.25, 0.3) is 0 Å². The van der Waals surface area contributed by atoms with Crippen LogP contribution in [0.2, 0.25) is 0 Å². The van der Waals surface area contributed by atoms with Crippen LogP contribution in [0.3, 0.4) is 0 Å². The average Bonchev–Trinajstić information content (AvgIpc) is 2.66. The predicted octanol–water partition coefficient (Wildman–Crippen LogP) is 0.487. The maximum absolute atomic E-state index is 12.1. The van der Waals surface area contributed by atoms with E-state index in [0.29, 0.717) is 12.6 Å². The molecule has 0 unspecified atom stereocenters. The molecule has 0 amide bonds. The van der Waals surface area contributed by atoms with Crippen LogP contribution in [0.1, 0.15) is 19.3 Å². The molecule has 2 fully saturated rings. The molecule has 2 atom stereocenters. The number of alkyl halides is 1. The van der Waals surface area contributed by atoms with E-state index >= 15 is 0 Å². The molecule has 1 heterocycles. The van der Waals surface area contributed by atoms with Crippen molar-refractivity contribution in [2.24, 2.45) is 0 Å². The molecular formula is C11H21FN2O. The molecule has 0 bridgehead atoms. The van der Waals surface area contributed by atoms with E-state index in [0.717, 1.165) is 45.4 Å². The fourth-order valence-corrected chi connectivity index (χ4v) is 2.78. The quantitative estimate of drug-likeness (QED) is 0.743. The number of aliphatic hydroxyl groups is 1. The molecule has 1 saturated heterocycles. The first-order valence-electron chi connectivity index (χ1n) is 6.01. The van der Waals surface area contributed by atoms with Crippen molar-refractivity contribution >= 4 is 0 Å². The normalized spacial score (nSPS) is 34.8. The van der Waals surface area contributed by atoms with Crippen molar-refractivity contribution in [3.05, 3.63) is 0 Å². The van der Waals surface area contributed by atoms with Crippen molar-refractivity contribution in [2.45, 2.75) is 31.4 Å². The fourth-order valence-electron chi connectivity index (χ4n) is 2.78. The zero-order valence-corrected chi connectivity index (χ0v) is 9.24. The second-order valence-electron chi connectivity index (χ2n) is 4.63. The van der Waals surface area contributed by atoms with E-state index in [2.05, 4.69) is 9.80 Å². The molecule has 1 aliphatic carbocycles. The van der Waals surface area contributed by atoms with Crippen molar-refractivity contribution in [3.8, 4) is 0 Å². The van der Waals surface area contributed by atoms with Gasteiger partial charge in [0, 0.05) is 38.8 Å². The molecule has 0 spiro atoms. The van der Waals surface area contributed by atoms with Gasteiger partial charge in [0.2, 0.25) is 0 Å². The second-order valence-corrected chi connectivity index (χ2v) is 4.63. The van der Waals surface area contributed by atoms with Crippen molar-refractivity contribution in [1.82, 2.24) is 9.80 Å². The summed E-state index contributed by atoms with van der Waals surface area (Å²) in [6.07, 6.45) is 3.11. The van der Waals surface area contributed by atoms with E-state index in [-0.39, 0.29) is 12.8 Å². The first kappa shape index (κ1) is 11.3. The SMILES string of the molecule is O[C@@H]1CCC[C@H]1N1CCN(CCF)CC1. The number of nitrogens with zero attached hydrogens (tertiary/aromatic N) is 2. The van der Waals surface area contributed by atoms with E-state index in [1.807, 2.05) is 0 Å². The molecule has 2 rings (SSSR count). The highest BCUT2D eigenvalue weighted by Crippen LogP contribution is 2.24. The number of hydrogen-bond acceptors (Lipinski definition) is 3. The van der Waals surface area contributed by atoms with Gasteiger partial charge in [0.15, 0.2) is 0 Å². The first-order valence-corrected chi connectivity index (χ1v) is 6.01. The number of hydrogen-bond donors (Lipinski definition) is 1. The Hall–Kier alpha value is -0.190. The van der Waals surface area contributed by atoms with Crippen LogP contribution < -0.4 is 0 Å². The maximum Gasteiger partial charge on any atom is 0.102 e. The molecule has 2 aliphatic rings. The molecule has 0 aromatic rings. The topological polar surface area (TPSA) is 26.7 Å². The van der Waals surface area contributed by atoms with E-state index in [1.54, 1.807) is 0 Å². The highest BCUT2D eigenvalue weighted by atomic mass is 19.1. The van der Waals surface area contributed by atoms with Gasteiger partial charge in [-0.15, -0.1) is 0 Å². The smallest absolute Gasteiger partial charge is 0.102 e. The minimum atomic E-state index is -0.244. The summed E-state index contributed by atoms with van der Waals surface area (Å²) in [6, 6.07) is 0.373. The van der Waals surface area contributed by atoms with Crippen molar-refractivity contribution in [3.63, 3.8) is 0 Å². The van der Waals surface area contributed by atoms with Gasteiger partial charge < -0.3 is 5.11 Å². The van der Waals surface area contributed by atoms with Gasteiger partial charge in [0.05, 0.1) is 6.10 Å². The van der Waals surface area contributed by atoms with Crippen molar-refractivity contribution < 1.29 is 9.50 Å². The van der Waals surface area contributed by atoms with Crippen molar-refractivity contribution in [2.75, 3.05) is 39.4 Å². The Morgan fingerprint density at radius 3 is 2.40 bits per heavy atom. The van der Waals surface area contributed by atoms with Crippen LogP contribution in [-0.4, -0.2) is 66.5 Å². The van der Waals surface area contributed by atoms with Gasteiger partial charge in [-0.1, -0.05) is 0 Å². The number of halogens is 1. The van der Waals surface area contributed by atoms with Crippen LogP contribution >= 0.6 is 0 Å². The summed E-state index contributed by atoms with van der Waals surface area (Å²) in [4.78, 5) is 4.55. The van der Waals surface area contributed by atoms with Gasteiger partial charge in [0.25, 0.3) is 0 Å². The van der Waals surface area contributed by atoms with Gasteiger partial charge >= 0.3 is 0 Å². The lowest BCUT2D eigenvalue weighted by molar-refractivity contribution is 0.0342. The average molecular weight is 216 g/mol. The predicted molar refractivity (Wildman–Crippen MR) is 57.6 cm³/mol. The lowest BCUT2D eigenvalue weighted by Crippen LogP contribution is -2.52. The third-order valence-corrected chi connectivity index (χ3v) is 3.72. The number of piperazine rings is 1. The zero-order chi connectivity index (χ0) is 10.7. The standard InChI is InChI=1S/C11H21FN2O/c12-4-5-13-6-8-14(9-7-13)10-2-1-3-11(10)15/h10-11,15H,1-9H2/t10-,11-/m1/s1. The lowest BCUT2D eigenvalue weighted by atomic mass is 10.1. The summed E-state index contributed by atoms with van der Waals surface area (Å²) in [5.74, 6) is 0. The minimum Gasteiger partial charge on any atom is -0.391 e.